The number of aliphatic hydroxyl groups is 1. The third kappa shape index (κ3) is 3.11. The molecule has 1 unspecified atom stereocenters. The van der Waals surface area contributed by atoms with Crippen LogP contribution in [0.2, 0.25) is 0 Å². The van der Waals surface area contributed by atoms with Crippen LogP contribution in [-0.4, -0.2) is 38.5 Å². The van der Waals surface area contributed by atoms with Crippen LogP contribution in [0.4, 0.5) is 5.69 Å². The Hall–Kier alpha value is -1.26. The molecular weight excluding hydrogens is 216 g/mol. The number of likely N-dealkylation sites (N-methyl/N-ethyl adjacent to an activating group) is 1. The molecule has 0 aliphatic heterocycles. The number of nitrogens with zero attached hydrogens (tertiary/aromatic N) is 1. The van der Waals surface area contributed by atoms with Crippen LogP contribution in [-0.2, 0) is 0 Å². The van der Waals surface area contributed by atoms with Crippen LogP contribution in [0.5, 0.6) is 5.75 Å². The van der Waals surface area contributed by atoms with Gasteiger partial charge in [0.1, 0.15) is 5.75 Å². The molecule has 1 atom stereocenters. The number of aliphatic hydroxyl groups excluding tert-OH is 1. The van der Waals surface area contributed by atoms with Crippen LogP contribution in [0.1, 0.15) is 11.1 Å². The number of nitrogens with two attached hydrogens (primary N) is 1. The summed E-state index contributed by atoms with van der Waals surface area (Å²) in [6.45, 7) is 4.73. The van der Waals surface area contributed by atoms with Gasteiger partial charge in [0.05, 0.1) is 13.7 Å². The van der Waals surface area contributed by atoms with Gasteiger partial charge in [0.15, 0.2) is 0 Å². The number of methoxy groups -OCH3 is 1. The fourth-order valence-corrected chi connectivity index (χ4v) is 1.92. The summed E-state index contributed by atoms with van der Waals surface area (Å²) in [6.07, 6.45) is 0. The van der Waals surface area contributed by atoms with Crippen LogP contribution >= 0.6 is 0 Å². The molecule has 4 nitrogen and oxygen atoms in total. The molecule has 0 saturated heterocycles. The van der Waals surface area contributed by atoms with E-state index in [1.807, 2.05) is 26.1 Å². The summed E-state index contributed by atoms with van der Waals surface area (Å²) >= 11 is 0. The molecule has 3 N–H and O–H groups in total. The minimum Gasteiger partial charge on any atom is -0.496 e. The molecule has 0 amide bonds. The molecule has 0 spiro atoms. The monoisotopic (exact) mass is 238 g/mol. The Morgan fingerprint density at radius 2 is 2.00 bits per heavy atom. The van der Waals surface area contributed by atoms with Crippen molar-refractivity contribution in [1.82, 2.24) is 0 Å². The Morgan fingerprint density at radius 3 is 2.53 bits per heavy atom. The number of hydrogen-bond donors (Lipinski definition) is 2. The molecule has 0 bridgehead atoms. The molecule has 0 aromatic heterocycles. The quantitative estimate of drug-likeness (QED) is 0.805. The summed E-state index contributed by atoms with van der Waals surface area (Å²) in [5, 5.41) is 8.96. The van der Waals surface area contributed by atoms with E-state index >= 15 is 0 Å². The average Bonchev–Trinajstić information content (AvgIpc) is 2.32. The molecule has 96 valence electrons. The number of benzene rings is 1. The average molecular weight is 238 g/mol. The number of rotatable bonds is 5. The van der Waals surface area contributed by atoms with Gasteiger partial charge in [-0.05, 0) is 37.1 Å². The molecule has 1 aromatic rings. The van der Waals surface area contributed by atoms with E-state index in [4.69, 9.17) is 15.6 Å². The number of hydrogen-bond acceptors (Lipinski definition) is 4. The second-order valence-electron chi connectivity index (χ2n) is 4.36. The Bertz CT molecular complexity index is 380. The first-order chi connectivity index (χ1) is 8.01. The third-order valence-corrected chi connectivity index (χ3v) is 3.08. The summed E-state index contributed by atoms with van der Waals surface area (Å²) in [7, 11) is 3.65. The zero-order chi connectivity index (χ0) is 13.0. The van der Waals surface area contributed by atoms with Gasteiger partial charge in [0, 0.05) is 25.3 Å². The number of anilines is 1. The molecule has 0 aliphatic carbocycles. The summed E-state index contributed by atoms with van der Waals surface area (Å²) in [5.74, 6) is 0.895. The molecule has 0 aliphatic rings. The van der Waals surface area contributed by atoms with Crippen LogP contribution in [0, 0.1) is 13.8 Å². The smallest absolute Gasteiger partial charge is 0.122 e. The standard InChI is InChI=1S/C13H22N2O2/c1-9-10(2)13(17-4)6-5-12(9)15(3)7-11(14)8-16/h5-6,11,16H,7-8,14H2,1-4H3. The highest BCUT2D eigenvalue weighted by molar-refractivity contribution is 5.59. The van der Waals surface area contributed by atoms with Gasteiger partial charge in [-0.15, -0.1) is 0 Å². The molecule has 0 saturated carbocycles. The van der Waals surface area contributed by atoms with E-state index in [1.54, 1.807) is 7.11 Å². The predicted octanol–water partition coefficient (Wildman–Crippen LogP) is 1.07. The summed E-state index contributed by atoms with van der Waals surface area (Å²) in [5.41, 5.74) is 9.17. The van der Waals surface area contributed by atoms with E-state index in [0.29, 0.717) is 6.54 Å². The highest BCUT2D eigenvalue weighted by Crippen LogP contribution is 2.29. The molecule has 1 rings (SSSR count). The van der Waals surface area contributed by atoms with Crippen molar-refractivity contribution in [3.05, 3.63) is 23.3 Å². The van der Waals surface area contributed by atoms with Gasteiger partial charge >= 0.3 is 0 Å². The van der Waals surface area contributed by atoms with E-state index < -0.39 is 0 Å². The van der Waals surface area contributed by atoms with E-state index in [1.165, 1.54) is 5.56 Å². The first-order valence-electron chi connectivity index (χ1n) is 5.73. The summed E-state index contributed by atoms with van der Waals surface area (Å²) in [6, 6.07) is 3.76. The van der Waals surface area contributed by atoms with Crippen molar-refractivity contribution in [3.63, 3.8) is 0 Å². The van der Waals surface area contributed by atoms with Crippen molar-refractivity contribution >= 4 is 5.69 Å². The first kappa shape index (κ1) is 13.8. The normalized spacial score (nSPS) is 12.4. The summed E-state index contributed by atoms with van der Waals surface area (Å²) in [4.78, 5) is 2.06. The number of ether oxygens (including phenoxy) is 1. The van der Waals surface area contributed by atoms with Crippen molar-refractivity contribution in [3.8, 4) is 5.75 Å². The molecular formula is C13H22N2O2. The Kier molecular flexibility index (Phi) is 4.78. The second kappa shape index (κ2) is 5.89. The van der Waals surface area contributed by atoms with Crippen molar-refractivity contribution in [2.75, 3.05) is 32.2 Å². The lowest BCUT2D eigenvalue weighted by atomic mass is 10.1. The lowest BCUT2D eigenvalue weighted by Crippen LogP contribution is -2.38. The fraction of sp³-hybridized carbons (Fsp3) is 0.538. The fourth-order valence-electron chi connectivity index (χ4n) is 1.92. The lowest BCUT2D eigenvalue weighted by Gasteiger charge is -2.25. The van der Waals surface area contributed by atoms with Gasteiger partial charge in [-0.3, -0.25) is 0 Å². The second-order valence-corrected chi connectivity index (χ2v) is 4.36. The lowest BCUT2D eigenvalue weighted by molar-refractivity contribution is 0.267. The molecule has 0 fully saturated rings. The SMILES string of the molecule is COc1ccc(N(C)CC(N)CO)c(C)c1C. The topological polar surface area (TPSA) is 58.7 Å². The minimum atomic E-state index is -0.221. The largest absolute Gasteiger partial charge is 0.496 e. The third-order valence-electron chi connectivity index (χ3n) is 3.08. The maximum absolute atomic E-state index is 8.96. The zero-order valence-corrected chi connectivity index (χ0v) is 11.0. The minimum absolute atomic E-state index is 0.00146. The van der Waals surface area contributed by atoms with Gasteiger partial charge in [-0.25, -0.2) is 0 Å². The van der Waals surface area contributed by atoms with Crippen molar-refractivity contribution < 1.29 is 9.84 Å². The Balaban J connectivity index is 2.95. The maximum Gasteiger partial charge on any atom is 0.122 e. The van der Waals surface area contributed by atoms with Gasteiger partial charge in [-0.2, -0.15) is 0 Å². The predicted molar refractivity (Wildman–Crippen MR) is 70.8 cm³/mol. The molecule has 4 heteroatoms. The maximum atomic E-state index is 8.96. The molecule has 0 heterocycles. The highest BCUT2D eigenvalue weighted by atomic mass is 16.5. The molecule has 17 heavy (non-hydrogen) atoms. The van der Waals surface area contributed by atoms with Gasteiger partial charge < -0.3 is 20.5 Å². The van der Waals surface area contributed by atoms with Crippen molar-refractivity contribution in [2.45, 2.75) is 19.9 Å². The van der Waals surface area contributed by atoms with E-state index in [2.05, 4.69) is 11.8 Å². The molecule has 0 radical (unpaired) electrons. The Morgan fingerprint density at radius 1 is 1.35 bits per heavy atom. The van der Waals surface area contributed by atoms with Gasteiger partial charge in [-0.1, -0.05) is 0 Å². The highest BCUT2D eigenvalue weighted by Gasteiger charge is 2.12. The van der Waals surface area contributed by atoms with Crippen LogP contribution < -0.4 is 15.4 Å². The van der Waals surface area contributed by atoms with Crippen LogP contribution in [0.3, 0.4) is 0 Å². The summed E-state index contributed by atoms with van der Waals surface area (Å²) < 4.78 is 5.28. The van der Waals surface area contributed by atoms with Crippen LogP contribution in [0.25, 0.3) is 0 Å². The van der Waals surface area contributed by atoms with Gasteiger partial charge in [0.25, 0.3) is 0 Å². The van der Waals surface area contributed by atoms with E-state index in [9.17, 15) is 0 Å². The van der Waals surface area contributed by atoms with E-state index in [0.717, 1.165) is 17.0 Å². The van der Waals surface area contributed by atoms with Crippen LogP contribution in [0.15, 0.2) is 12.1 Å². The Labute approximate surface area is 103 Å². The van der Waals surface area contributed by atoms with Crippen molar-refractivity contribution in [2.24, 2.45) is 5.73 Å². The van der Waals surface area contributed by atoms with Gasteiger partial charge in [0.2, 0.25) is 0 Å². The molecule has 1 aromatic carbocycles. The zero-order valence-electron chi connectivity index (χ0n) is 11.0. The van der Waals surface area contributed by atoms with Crippen molar-refractivity contribution in [1.29, 1.82) is 0 Å². The van der Waals surface area contributed by atoms with E-state index in [-0.39, 0.29) is 12.6 Å². The first-order valence-corrected chi connectivity index (χ1v) is 5.73.